The number of aryl methyl sites for hydroxylation is 1. The fourth-order valence-electron chi connectivity index (χ4n) is 3.74. The number of carbonyl (C=O) groups is 1. The van der Waals surface area contributed by atoms with Crippen LogP contribution in [0, 0.1) is 0 Å². The molecule has 1 aliphatic heterocycles. The Hall–Kier alpha value is -2.33. The second kappa shape index (κ2) is 8.81. The number of fused-ring (bicyclic) bond motifs is 1. The molecule has 7 nitrogen and oxygen atoms in total. The van der Waals surface area contributed by atoms with Crippen LogP contribution in [0.2, 0.25) is 0 Å². The number of nitrogens with two attached hydrogens (primary N) is 1. The number of sulfonamides is 1. The molecule has 1 unspecified atom stereocenters. The number of rotatable bonds is 7. The molecule has 1 aliphatic rings. The average Bonchev–Trinajstić information content (AvgIpc) is 3.14. The lowest BCUT2D eigenvalue weighted by atomic mass is 10.0. The number of ether oxygens (including phenoxy) is 1. The lowest BCUT2D eigenvalue weighted by molar-refractivity contribution is -0.00188. The van der Waals surface area contributed by atoms with Crippen molar-refractivity contribution in [3.05, 3.63) is 64.7 Å². The van der Waals surface area contributed by atoms with Gasteiger partial charge >= 0.3 is 0 Å². The van der Waals surface area contributed by atoms with Gasteiger partial charge in [0.1, 0.15) is 9.71 Å². The summed E-state index contributed by atoms with van der Waals surface area (Å²) in [4.78, 5) is 17.4. The fraction of sp³-hybridized carbons (Fsp3) is 0.333. The topological polar surface area (TPSA) is 103 Å². The number of hydrogen-bond acceptors (Lipinski definition) is 6. The zero-order valence-electron chi connectivity index (χ0n) is 16.4. The number of primary amides is 1. The summed E-state index contributed by atoms with van der Waals surface area (Å²) < 4.78 is 33.2. The fourth-order valence-corrected chi connectivity index (χ4v) is 6.27. The molecule has 2 aromatic heterocycles. The predicted octanol–water partition coefficient (Wildman–Crippen LogP) is 2.73. The number of thiophene rings is 1. The van der Waals surface area contributed by atoms with Crippen LogP contribution in [0.1, 0.15) is 33.3 Å². The van der Waals surface area contributed by atoms with Crippen LogP contribution >= 0.6 is 11.3 Å². The van der Waals surface area contributed by atoms with E-state index in [-0.39, 0.29) is 18.9 Å². The first-order valence-electron chi connectivity index (χ1n) is 9.76. The van der Waals surface area contributed by atoms with Crippen LogP contribution in [0.4, 0.5) is 0 Å². The lowest BCUT2D eigenvalue weighted by Gasteiger charge is -2.32. The van der Waals surface area contributed by atoms with E-state index in [1.54, 1.807) is 12.3 Å². The molecule has 1 amide bonds. The molecular formula is C21H23N3O4S2. The van der Waals surface area contributed by atoms with Crippen molar-refractivity contribution in [3.8, 4) is 0 Å². The van der Waals surface area contributed by atoms with E-state index >= 15 is 0 Å². The average molecular weight is 446 g/mol. The van der Waals surface area contributed by atoms with E-state index in [1.165, 1.54) is 15.6 Å². The monoisotopic (exact) mass is 445 g/mol. The number of hydrogen-bond donors (Lipinski definition) is 1. The van der Waals surface area contributed by atoms with Crippen molar-refractivity contribution in [1.82, 2.24) is 9.29 Å². The Morgan fingerprint density at radius 1 is 1.23 bits per heavy atom. The molecule has 0 bridgehead atoms. The number of nitrogens with zero attached hydrogens (tertiary/aromatic N) is 2. The molecule has 9 heteroatoms. The molecule has 1 atom stereocenters. The van der Waals surface area contributed by atoms with E-state index in [0.717, 1.165) is 10.9 Å². The molecule has 0 spiro atoms. The second-order valence-corrected chi connectivity index (χ2v) is 10.3. The molecular weight excluding hydrogens is 422 g/mol. The summed E-state index contributed by atoms with van der Waals surface area (Å²) in [6.45, 7) is 0.726. The van der Waals surface area contributed by atoms with E-state index in [2.05, 4.69) is 4.98 Å². The highest BCUT2D eigenvalue weighted by Crippen LogP contribution is 2.37. The molecule has 0 saturated carbocycles. The summed E-state index contributed by atoms with van der Waals surface area (Å²) in [6.07, 6.45) is 2.36. The van der Waals surface area contributed by atoms with E-state index < -0.39 is 22.0 Å². The van der Waals surface area contributed by atoms with Crippen molar-refractivity contribution in [2.75, 3.05) is 25.4 Å². The van der Waals surface area contributed by atoms with Gasteiger partial charge in [0.15, 0.2) is 0 Å². The smallest absolute Gasteiger partial charge is 0.259 e. The van der Waals surface area contributed by atoms with Gasteiger partial charge in [-0.25, -0.2) is 13.4 Å². The van der Waals surface area contributed by atoms with Gasteiger partial charge in [0.05, 0.1) is 18.5 Å². The zero-order chi connectivity index (χ0) is 21.1. The Bertz CT molecular complexity index is 1150. The first-order valence-corrected chi connectivity index (χ1v) is 12.2. The van der Waals surface area contributed by atoms with Crippen molar-refractivity contribution in [2.45, 2.75) is 18.9 Å². The normalized spacial score (nSPS) is 17.9. The SMILES string of the molecule is NC(=O)c1sc2ncccc2c1C1CN(S(=O)(=O)CCCc2ccccc2)CCO1. The maximum absolute atomic E-state index is 12.9. The number of aromatic nitrogens is 1. The highest BCUT2D eigenvalue weighted by molar-refractivity contribution is 7.89. The summed E-state index contributed by atoms with van der Waals surface area (Å²) in [5.41, 5.74) is 7.34. The summed E-state index contributed by atoms with van der Waals surface area (Å²) in [6, 6.07) is 13.5. The number of benzene rings is 1. The van der Waals surface area contributed by atoms with Gasteiger partial charge in [-0.05, 0) is 24.5 Å². The van der Waals surface area contributed by atoms with Gasteiger partial charge in [0.2, 0.25) is 10.0 Å². The second-order valence-electron chi connectivity index (χ2n) is 7.19. The third-order valence-corrected chi connectivity index (χ3v) is 8.25. The minimum Gasteiger partial charge on any atom is -0.371 e. The van der Waals surface area contributed by atoms with E-state index in [9.17, 15) is 13.2 Å². The maximum atomic E-state index is 12.9. The molecule has 158 valence electrons. The number of carbonyl (C=O) groups excluding carboxylic acids is 1. The van der Waals surface area contributed by atoms with Gasteiger partial charge in [-0.15, -0.1) is 11.3 Å². The lowest BCUT2D eigenvalue weighted by Crippen LogP contribution is -2.43. The molecule has 2 N–H and O–H groups in total. The van der Waals surface area contributed by atoms with Crippen molar-refractivity contribution < 1.29 is 17.9 Å². The summed E-state index contributed by atoms with van der Waals surface area (Å²) >= 11 is 1.21. The predicted molar refractivity (Wildman–Crippen MR) is 117 cm³/mol. The standard InChI is InChI=1S/C21H23N3O4S2/c22-20(25)19-18(16-9-4-10-23-21(16)29-19)17-14-24(11-12-28-17)30(26,27)13-5-8-15-6-2-1-3-7-15/h1-4,6-7,9-10,17H,5,8,11-14H2,(H2,22,25). The number of amides is 1. The highest BCUT2D eigenvalue weighted by atomic mass is 32.2. The third-order valence-electron chi connectivity index (χ3n) is 5.18. The summed E-state index contributed by atoms with van der Waals surface area (Å²) in [5, 5.41) is 0.782. The number of pyridine rings is 1. The van der Waals surface area contributed by atoms with Crippen LogP contribution in [-0.4, -0.2) is 49.1 Å². The van der Waals surface area contributed by atoms with Crippen LogP contribution in [0.15, 0.2) is 48.7 Å². The van der Waals surface area contributed by atoms with Gasteiger partial charge in [-0.2, -0.15) is 4.31 Å². The summed E-state index contributed by atoms with van der Waals surface area (Å²) in [5.74, 6) is -0.483. The van der Waals surface area contributed by atoms with Gasteiger partial charge in [0.25, 0.3) is 5.91 Å². The zero-order valence-corrected chi connectivity index (χ0v) is 18.0. The van der Waals surface area contributed by atoms with Crippen LogP contribution in [0.25, 0.3) is 10.2 Å². The van der Waals surface area contributed by atoms with E-state index in [1.807, 2.05) is 36.4 Å². The minimum atomic E-state index is -3.44. The third kappa shape index (κ3) is 4.39. The van der Waals surface area contributed by atoms with E-state index in [4.69, 9.17) is 10.5 Å². The molecule has 30 heavy (non-hydrogen) atoms. The Labute approximate surface area is 179 Å². The Morgan fingerprint density at radius 3 is 2.80 bits per heavy atom. The van der Waals surface area contributed by atoms with Crippen molar-refractivity contribution in [1.29, 1.82) is 0 Å². The Kier molecular flexibility index (Phi) is 6.14. The molecule has 1 aromatic carbocycles. The molecule has 1 fully saturated rings. The molecule has 0 aliphatic carbocycles. The van der Waals surface area contributed by atoms with Gasteiger partial charge < -0.3 is 10.5 Å². The van der Waals surface area contributed by atoms with Crippen LogP contribution in [0.3, 0.4) is 0 Å². The maximum Gasteiger partial charge on any atom is 0.259 e. The van der Waals surface area contributed by atoms with Gasteiger partial charge in [-0.1, -0.05) is 36.4 Å². The van der Waals surface area contributed by atoms with Crippen molar-refractivity contribution in [2.24, 2.45) is 5.73 Å². The van der Waals surface area contributed by atoms with Crippen molar-refractivity contribution in [3.63, 3.8) is 0 Å². The highest BCUT2D eigenvalue weighted by Gasteiger charge is 2.33. The molecule has 0 radical (unpaired) electrons. The van der Waals surface area contributed by atoms with Crippen LogP contribution in [0.5, 0.6) is 0 Å². The van der Waals surface area contributed by atoms with Crippen molar-refractivity contribution >= 4 is 37.5 Å². The first-order chi connectivity index (χ1) is 14.5. The van der Waals surface area contributed by atoms with Crippen LogP contribution in [-0.2, 0) is 21.2 Å². The Morgan fingerprint density at radius 2 is 2.03 bits per heavy atom. The quantitative estimate of drug-likeness (QED) is 0.602. The molecule has 1 saturated heterocycles. The number of morpholine rings is 1. The van der Waals surface area contributed by atoms with Gasteiger partial charge in [0, 0.05) is 30.2 Å². The molecule has 3 heterocycles. The largest absolute Gasteiger partial charge is 0.371 e. The molecule has 4 rings (SSSR count). The van der Waals surface area contributed by atoms with Crippen LogP contribution < -0.4 is 5.73 Å². The summed E-state index contributed by atoms with van der Waals surface area (Å²) in [7, 11) is -3.44. The first kappa shape index (κ1) is 20.9. The minimum absolute atomic E-state index is 0.0726. The van der Waals surface area contributed by atoms with Gasteiger partial charge in [-0.3, -0.25) is 4.79 Å². The molecule has 3 aromatic rings. The van der Waals surface area contributed by atoms with E-state index in [0.29, 0.717) is 34.7 Å². The Balaban J connectivity index is 1.51.